The molecule has 0 unspecified atom stereocenters. The highest BCUT2D eigenvalue weighted by Gasteiger charge is 2.47. The third-order valence-corrected chi connectivity index (χ3v) is 5.88. The Balaban J connectivity index is 1.93. The molecule has 5 nitrogen and oxygen atoms in total. The number of benzene rings is 2. The molecule has 140 valence electrons. The lowest BCUT2D eigenvalue weighted by molar-refractivity contribution is -0.132. The number of thiazole rings is 1. The van der Waals surface area contributed by atoms with Gasteiger partial charge in [-0.25, -0.2) is 4.98 Å². The van der Waals surface area contributed by atoms with Crippen molar-refractivity contribution >= 4 is 49.8 Å². The number of aromatic nitrogens is 1. The largest absolute Gasteiger partial charge is 0.507 e. The van der Waals surface area contributed by atoms with Crippen LogP contribution in [0.1, 0.15) is 22.7 Å². The van der Waals surface area contributed by atoms with E-state index in [2.05, 4.69) is 20.9 Å². The molecule has 4 rings (SSSR count). The molecule has 0 saturated carbocycles. The van der Waals surface area contributed by atoms with Crippen LogP contribution in [0.3, 0.4) is 0 Å². The molecule has 1 aromatic heterocycles. The van der Waals surface area contributed by atoms with E-state index in [1.165, 1.54) is 16.2 Å². The summed E-state index contributed by atoms with van der Waals surface area (Å²) >= 11 is 4.63. The zero-order chi connectivity index (χ0) is 19.8. The molecule has 1 aliphatic heterocycles. The molecule has 0 radical (unpaired) electrons. The minimum Gasteiger partial charge on any atom is -0.507 e. The van der Waals surface area contributed by atoms with Crippen molar-refractivity contribution in [3.63, 3.8) is 0 Å². The van der Waals surface area contributed by atoms with Gasteiger partial charge in [0.25, 0.3) is 5.78 Å². The molecule has 1 amide bonds. The molecule has 0 bridgehead atoms. The number of Topliss-reactive ketones (excluding diaryl/α,β-unsaturated/α-hetero) is 1. The average molecular weight is 455 g/mol. The van der Waals surface area contributed by atoms with Crippen molar-refractivity contribution in [1.29, 1.82) is 0 Å². The smallest absolute Gasteiger partial charge is 0.301 e. The number of hydrogen-bond acceptors (Lipinski definition) is 5. The fourth-order valence-corrected chi connectivity index (χ4v) is 4.12. The van der Waals surface area contributed by atoms with Gasteiger partial charge in [0, 0.05) is 21.6 Å². The van der Waals surface area contributed by atoms with E-state index in [9.17, 15) is 14.7 Å². The molecule has 1 N–H and O–H groups in total. The predicted molar refractivity (Wildman–Crippen MR) is 112 cm³/mol. The van der Waals surface area contributed by atoms with Crippen LogP contribution in [0.5, 0.6) is 0 Å². The summed E-state index contributed by atoms with van der Waals surface area (Å²) in [6, 6.07) is 13.7. The van der Waals surface area contributed by atoms with E-state index in [-0.39, 0.29) is 11.3 Å². The number of aliphatic hydroxyl groups is 1. The Bertz CT molecular complexity index is 1070. The Morgan fingerprint density at radius 2 is 1.79 bits per heavy atom. The average Bonchev–Trinajstić information content (AvgIpc) is 3.30. The number of hydrogen-bond donors (Lipinski definition) is 1. The maximum Gasteiger partial charge on any atom is 0.301 e. The van der Waals surface area contributed by atoms with E-state index < -0.39 is 17.7 Å². The van der Waals surface area contributed by atoms with Crippen molar-refractivity contribution in [1.82, 2.24) is 4.98 Å². The van der Waals surface area contributed by atoms with E-state index in [0.717, 1.165) is 15.6 Å². The number of rotatable bonds is 3. The summed E-state index contributed by atoms with van der Waals surface area (Å²) in [5, 5.41) is 13.1. The van der Waals surface area contributed by atoms with E-state index in [0.29, 0.717) is 10.7 Å². The van der Waals surface area contributed by atoms with Gasteiger partial charge in [-0.3, -0.25) is 14.5 Å². The molecule has 1 saturated heterocycles. The number of carbonyl (C=O) groups excluding carboxylic acids is 2. The van der Waals surface area contributed by atoms with E-state index in [1.54, 1.807) is 35.8 Å². The van der Waals surface area contributed by atoms with Crippen LogP contribution in [0.25, 0.3) is 5.76 Å². The Labute approximate surface area is 174 Å². The molecule has 2 heterocycles. The molecular formula is C21H15BrN2O3S. The maximum atomic E-state index is 12.9. The van der Waals surface area contributed by atoms with Gasteiger partial charge in [-0.05, 0) is 24.6 Å². The molecule has 0 spiro atoms. The van der Waals surface area contributed by atoms with Crippen LogP contribution in [-0.4, -0.2) is 21.8 Å². The van der Waals surface area contributed by atoms with Crippen molar-refractivity contribution in [2.45, 2.75) is 13.0 Å². The van der Waals surface area contributed by atoms with Crippen molar-refractivity contribution in [2.75, 3.05) is 4.90 Å². The van der Waals surface area contributed by atoms with Gasteiger partial charge in [-0.2, -0.15) is 0 Å². The van der Waals surface area contributed by atoms with Gasteiger partial charge in [0.05, 0.1) is 11.6 Å². The van der Waals surface area contributed by atoms with Gasteiger partial charge in [-0.15, -0.1) is 11.3 Å². The fraction of sp³-hybridized carbons (Fsp3) is 0.0952. The third-order valence-electron chi connectivity index (χ3n) is 4.58. The monoisotopic (exact) mass is 454 g/mol. The molecule has 28 heavy (non-hydrogen) atoms. The van der Waals surface area contributed by atoms with Crippen LogP contribution < -0.4 is 4.90 Å². The Kier molecular flexibility index (Phi) is 4.87. The van der Waals surface area contributed by atoms with E-state index in [4.69, 9.17) is 0 Å². The summed E-state index contributed by atoms with van der Waals surface area (Å²) in [7, 11) is 0. The first-order valence-electron chi connectivity index (χ1n) is 8.50. The summed E-state index contributed by atoms with van der Waals surface area (Å²) in [5.74, 6) is -1.61. The van der Waals surface area contributed by atoms with Crippen molar-refractivity contribution in [3.05, 3.63) is 86.8 Å². The number of carbonyl (C=O) groups is 2. The molecule has 0 aliphatic carbocycles. The summed E-state index contributed by atoms with van der Waals surface area (Å²) in [6.45, 7) is 1.96. The highest BCUT2D eigenvalue weighted by molar-refractivity contribution is 9.10. The second-order valence-corrected chi connectivity index (χ2v) is 8.19. The van der Waals surface area contributed by atoms with Gasteiger partial charge in [0.1, 0.15) is 5.76 Å². The van der Waals surface area contributed by atoms with Crippen LogP contribution in [0.4, 0.5) is 5.13 Å². The lowest BCUT2D eigenvalue weighted by Crippen LogP contribution is -2.29. The number of amides is 1. The number of aliphatic hydroxyl groups excluding tert-OH is 1. The van der Waals surface area contributed by atoms with Gasteiger partial charge in [0.15, 0.2) is 5.13 Å². The highest BCUT2D eigenvalue weighted by atomic mass is 79.9. The van der Waals surface area contributed by atoms with Crippen LogP contribution in [0, 0.1) is 6.92 Å². The summed E-state index contributed by atoms with van der Waals surface area (Å²) in [5.41, 5.74) is 2.32. The zero-order valence-electron chi connectivity index (χ0n) is 14.8. The first-order valence-corrected chi connectivity index (χ1v) is 10.2. The molecule has 3 aromatic rings. The molecular weight excluding hydrogens is 440 g/mol. The lowest BCUT2D eigenvalue weighted by atomic mass is 9.95. The quantitative estimate of drug-likeness (QED) is 0.349. The van der Waals surface area contributed by atoms with Gasteiger partial charge in [-0.1, -0.05) is 57.9 Å². The first kappa shape index (κ1) is 18.6. The predicted octanol–water partition coefficient (Wildman–Crippen LogP) is 4.84. The maximum absolute atomic E-state index is 12.9. The molecule has 1 aliphatic rings. The molecule has 2 aromatic carbocycles. The number of aryl methyl sites for hydroxylation is 1. The third kappa shape index (κ3) is 3.16. The molecule has 7 heteroatoms. The van der Waals surface area contributed by atoms with Gasteiger partial charge in [0.2, 0.25) is 0 Å². The second-order valence-electron chi connectivity index (χ2n) is 6.40. The highest BCUT2D eigenvalue weighted by Crippen LogP contribution is 2.42. The number of ketones is 1. The minimum atomic E-state index is -0.740. The molecule has 1 atom stereocenters. The zero-order valence-corrected chi connectivity index (χ0v) is 17.2. The van der Waals surface area contributed by atoms with Gasteiger partial charge >= 0.3 is 5.91 Å². The number of nitrogens with zero attached hydrogens (tertiary/aromatic N) is 2. The summed E-state index contributed by atoms with van der Waals surface area (Å²) in [4.78, 5) is 31.3. The van der Waals surface area contributed by atoms with Crippen LogP contribution >= 0.6 is 27.3 Å². The van der Waals surface area contributed by atoms with Crippen LogP contribution in [0.2, 0.25) is 0 Å². The normalized spacial score (nSPS) is 18.6. The molecule has 1 fully saturated rings. The van der Waals surface area contributed by atoms with Crippen molar-refractivity contribution in [2.24, 2.45) is 0 Å². The Morgan fingerprint density at radius 3 is 2.39 bits per heavy atom. The second kappa shape index (κ2) is 7.33. The van der Waals surface area contributed by atoms with Crippen LogP contribution in [0.15, 0.2) is 70.2 Å². The Morgan fingerprint density at radius 1 is 1.11 bits per heavy atom. The van der Waals surface area contributed by atoms with Crippen molar-refractivity contribution in [3.8, 4) is 0 Å². The fourth-order valence-electron chi connectivity index (χ4n) is 3.19. The minimum absolute atomic E-state index is 0.0615. The first-order chi connectivity index (χ1) is 13.5. The topological polar surface area (TPSA) is 70.5 Å². The number of halogens is 1. The van der Waals surface area contributed by atoms with Crippen molar-refractivity contribution < 1.29 is 14.7 Å². The summed E-state index contributed by atoms with van der Waals surface area (Å²) < 4.78 is 0.849. The SMILES string of the molecule is Cc1ccc([C@H]2/C(=C(\O)c3ccc(Br)cc3)C(=O)C(=O)N2c2nccs2)cc1. The lowest BCUT2D eigenvalue weighted by Gasteiger charge is -2.23. The van der Waals surface area contributed by atoms with E-state index >= 15 is 0 Å². The summed E-state index contributed by atoms with van der Waals surface area (Å²) in [6.07, 6.45) is 1.58. The van der Waals surface area contributed by atoms with Gasteiger partial charge < -0.3 is 5.11 Å². The number of anilines is 1. The standard InChI is InChI=1S/C21H15BrN2O3S/c1-12-2-4-13(5-3-12)17-16(18(25)14-6-8-15(22)9-7-14)19(26)20(27)24(17)21-23-10-11-28-21/h2-11,17,25H,1H3/b18-16+/t17-/m0/s1. The van der Waals surface area contributed by atoms with E-state index in [1.807, 2.05) is 31.2 Å². The van der Waals surface area contributed by atoms with Crippen LogP contribution in [-0.2, 0) is 9.59 Å². The Hall–Kier alpha value is -2.77.